The van der Waals surface area contributed by atoms with Crippen molar-refractivity contribution in [3.05, 3.63) is 101 Å². The van der Waals surface area contributed by atoms with Crippen molar-refractivity contribution in [3.63, 3.8) is 0 Å². The quantitative estimate of drug-likeness (QED) is 0.286. The number of rotatable bonds is 6. The summed E-state index contributed by atoms with van der Waals surface area (Å²) in [6, 6.07) is 19.9. The van der Waals surface area contributed by atoms with Crippen molar-refractivity contribution >= 4 is 52.5 Å². The summed E-state index contributed by atoms with van der Waals surface area (Å²) in [4.78, 5) is 28.9. The number of hydrogen-bond acceptors (Lipinski definition) is 5. The molecule has 37 heavy (non-hydrogen) atoms. The number of furan rings is 2. The average molecular weight is 536 g/mol. The van der Waals surface area contributed by atoms with Gasteiger partial charge in [0.2, 0.25) is 5.91 Å². The molecule has 2 amide bonds. The van der Waals surface area contributed by atoms with Gasteiger partial charge in [-0.1, -0.05) is 29.3 Å². The van der Waals surface area contributed by atoms with Crippen LogP contribution >= 0.6 is 23.2 Å². The number of nitrogens with zero attached hydrogens (tertiary/aromatic N) is 2. The molecule has 5 rings (SSSR count). The Hall–Kier alpha value is -3.94. The van der Waals surface area contributed by atoms with E-state index in [2.05, 4.69) is 10.2 Å². The Kier molecular flexibility index (Phi) is 7.35. The molecule has 1 fully saturated rings. The summed E-state index contributed by atoms with van der Waals surface area (Å²) >= 11 is 12.3. The highest BCUT2D eigenvalue weighted by molar-refractivity contribution is 6.43. The third-order valence-corrected chi connectivity index (χ3v) is 6.86. The number of amides is 2. The van der Waals surface area contributed by atoms with Gasteiger partial charge in [-0.3, -0.25) is 9.59 Å². The lowest BCUT2D eigenvalue weighted by atomic mass is 10.2. The largest absolute Gasteiger partial charge is 0.459 e. The van der Waals surface area contributed by atoms with Gasteiger partial charge in [0, 0.05) is 49.2 Å². The number of anilines is 2. The highest BCUT2D eigenvalue weighted by atomic mass is 35.5. The van der Waals surface area contributed by atoms with Gasteiger partial charge in [0.15, 0.2) is 5.76 Å². The van der Waals surface area contributed by atoms with E-state index in [1.807, 2.05) is 30.3 Å². The lowest BCUT2D eigenvalue weighted by Gasteiger charge is -2.35. The van der Waals surface area contributed by atoms with Crippen LogP contribution in [-0.4, -0.2) is 42.9 Å². The molecular weight excluding hydrogens is 513 g/mol. The zero-order chi connectivity index (χ0) is 25.8. The second-order valence-corrected chi connectivity index (χ2v) is 9.21. The Morgan fingerprint density at radius 3 is 2.41 bits per heavy atom. The van der Waals surface area contributed by atoms with Crippen LogP contribution < -0.4 is 10.2 Å². The van der Waals surface area contributed by atoms with E-state index in [1.54, 1.807) is 47.4 Å². The fourth-order valence-corrected chi connectivity index (χ4v) is 4.50. The third kappa shape index (κ3) is 5.74. The third-order valence-electron chi connectivity index (χ3n) is 6.04. The maximum absolute atomic E-state index is 12.4. The van der Waals surface area contributed by atoms with Gasteiger partial charge in [-0.25, -0.2) is 0 Å². The second-order valence-electron chi connectivity index (χ2n) is 8.43. The van der Waals surface area contributed by atoms with Crippen molar-refractivity contribution in [3.8, 4) is 11.3 Å². The van der Waals surface area contributed by atoms with Crippen molar-refractivity contribution in [1.29, 1.82) is 0 Å². The smallest absolute Gasteiger partial charge is 0.289 e. The molecule has 0 bridgehead atoms. The Labute approximate surface area is 223 Å². The van der Waals surface area contributed by atoms with Gasteiger partial charge in [0.05, 0.1) is 16.3 Å². The van der Waals surface area contributed by atoms with E-state index in [4.69, 9.17) is 32.0 Å². The fourth-order valence-electron chi connectivity index (χ4n) is 4.10. The molecule has 2 aromatic carbocycles. The summed E-state index contributed by atoms with van der Waals surface area (Å²) in [6.45, 7) is 2.65. The van der Waals surface area contributed by atoms with Crippen LogP contribution in [0.3, 0.4) is 0 Å². The predicted molar refractivity (Wildman–Crippen MR) is 145 cm³/mol. The Morgan fingerprint density at radius 1 is 0.892 bits per heavy atom. The minimum atomic E-state index is -0.281. The van der Waals surface area contributed by atoms with Crippen LogP contribution in [0.15, 0.2) is 87.9 Å². The van der Waals surface area contributed by atoms with Crippen molar-refractivity contribution in [2.75, 3.05) is 36.4 Å². The van der Waals surface area contributed by atoms with Gasteiger partial charge in [-0.05, 0) is 66.7 Å². The summed E-state index contributed by atoms with van der Waals surface area (Å²) in [7, 11) is 0. The van der Waals surface area contributed by atoms with E-state index in [0.29, 0.717) is 64.8 Å². The van der Waals surface area contributed by atoms with Crippen LogP contribution in [0, 0.1) is 0 Å². The van der Waals surface area contributed by atoms with Crippen molar-refractivity contribution in [2.45, 2.75) is 0 Å². The molecule has 1 aliphatic rings. The molecule has 4 aromatic rings. The predicted octanol–water partition coefficient (Wildman–Crippen LogP) is 6.46. The molecule has 0 unspecified atom stereocenters. The average Bonchev–Trinajstić information content (AvgIpc) is 3.62. The van der Waals surface area contributed by atoms with E-state index in [9.17, 15) is 9.59 Å². The minimum absolute atomic E-state index is 0.0881. The molecule has 3 heterocycles. The monoisotopic (exact) mass is 535 g/mol. The highest BCUT2D eigenvalue weighted by Gasteiger charge is 2.23. The molecule has 2 aromatic heterocycles. The van der Waals surface area contributed by atoms with E-state index in [0.717, 1.165) is 5.69 Å². The zero-order valence-electron chi connectivity index (χ0n) is 19.7. The van der Waals surface area contributed by atoms with Gasteiger partial charge >= 0.3 is 0 Å². The van der Waals surface area contributed by atoms with E-state index in [1.165, 1.54) is 12.3 Å². The number of piperazine rings is 1. The number of hydrogen-bond donors (Lipinski definition) is 1. The number of nitrogens with one attached hydrogen (secondary N) is 1. The molecule has 188 valence electrons. The first kappa shape index (κ1) is 24.7. The Balaban J connectivity index is 1.14. The highest BCUT2D eigenvalue weighted by Crippen LogP contribution is 2.34. The van der Waals surface area contributed by atoms with E-state index >= 15 is 0 Å². The normalized spacial score (nSPS) is 13.8. The van der Waals surface area contributed by atoms with Crippen LogP contribution in [0.2, 0.25) is 10.0 Å². The zero-order valence-corrected chi connectivity index (χ0v) is 21.2. The SMILES string of the molecule is O=C(/C=C/c1ccc(-c2cccc(Cl)c2Cl)o1)Nc1ccc(N2CCN(C(=O)c3ccco3)CC2)cc1. The molecule has 1 N–H and O–H groups in total. The Bertz CT molecular complexity index is 1420. The van der Waals surface area contributed by atoms with Crippen molar-refractivity contribution < 1.29 is 18.4 Å². The Morgan fingerprint density at radius 2 is 1.68 bits per heavy atom. The first-order valence-electron chi connectivity index (χ1n) is 11.7. The standard InChI is InChI=1S/C28H23Cl2N3O4/c29-23-4-1-3-22(27(23)30)24-12-10-21(37-24)11-13-26(34)31-19-6-8-20(9-7-19)32-14-16-33(17-15-32)28(35)25-5-2-18-36-25/h1-13,18H,14-17H2,(H,31,34)/b13-11+. The van der Waals surface area contributed by atoms with Crippen LogP contribution in [-0.2, 0) is 4.79 Å². The summed E-state index contributed by atoms with van der Waals surface area (Å²) in [5, 5.41) is 3.71. The molecule has 7 nitrogen and oxygen atoms in total. The molecule has 1 aliphatic heterocycles. The van der Waals surface area contributed by atoms with E-state index in [-0.39, 0.29) is 11.8 Å². The summed E-state index contributed by atoms with van der Waals surface area (Å²) < 4.78 is 11.0. The van der Waals surface area contributed by atoms with Crippen LogP contribution in [0.1, 0.15) is 16.3 Å². The maximum atomic E-state index is 12.4. The first-order valence-corrected chi connectivity index (χ1v) is 12.4. The molecule has 0 spiro atoms. The lowest BCUT2D eigenvalue weighted by Crippen LogP contribution is -2.48. The fraction of sp³-hybridized carbons (Fsp3) is 0.143. The molecule has 0 atom stereocenters. The van der Waals surface area contributed by atoms with Crippen LogP contribution in [0.5, 0.6) is 0 Å². The molecule has 0 radical (unpaired) electrons. The van der Waals surface area contributed by atoms with Crippen molar-refractivity contribution in [2.24, 2.45) is 0 Å². The first-order chi connectivity index (χ1) is 18.0. The number of carbonyl (C=O) groups is 2. The maximum Gasteiger partial charge on any atom is 0.289 e. The van der Waals surface area contributed by atoms with Gasteiger partial charge < -0.3 is 24.0 Å². The van der Waals surface area contributed by atoms with Gasteiger partial charge in [0.1, 0.15) is 11.5 Å². The number of halogens is 2. The molecule has 9 heteroatoms. The molecule has 1 saturated heterocycles. The molecule has 0 saturated carbocycles. The number of benzene rings is 2. The molecule has 0 aliphatic carbocycles. The number of carbonyl (C=O) groups excluding carboxylic acids is 2. The summed E-state index contributed by atoms with van der Waals surface area (Å²) in [5.74, 6) is 1.07. The van der Waals surface area contributed by atoms with E-state index < -0.39 is 0 Å². The molecular formula is C28H23Cl2N3O4. The second kappa shape index (κ2) is 11.0. The van der Waals surface area contributed by atoms with Crippen molar-refractivity contribution in [1.82, 2.24) is 4.90 Å². The summed E-state index contributed by atoms with van der Waals surface area (Å²) in [6.07, 6.45) is 4.51. The van der Waals surface area contributed by atoms with Gasteiger partial charge in [-0.2, -0.15) is 0 Å². The topological polar surface area (TPSA) is 78.9 Å². The van der Waals surface area contributed by atoms with Gasteiger partial charge in [0.25, 0.3) is 5.91 Å². The van der Waals surface area contributed by atoms with Crippen LogP contribution in [0.25, 0.3) is 17.4 Å². The minimum Gasteiger partial charge on any atom is -0.459 e. The summed E-state index contributed by atoms with van der Waals surface area (Å²) in [5.41, 5.74) is 2.39. The lowest BCUT2D eigenvalue weighted by molar-refractivity contribution is -0.111. The van der Waals surface area contributed by atoms with Gasteiger partial charge in [-0.15, -0.1) is 0 Å². The van der Waals surface area contributed by atoms with Crippen LogP contribution in [0.4, 0.5) is 11.4 Å².